The van der Waals surface area contributed by atoms with Crippen LogP contribution in [-0.2, 0) is 0 Å². The van der Waals surface area contributed by atoms with Crippen LogP contribution in [0.3, 0.4) is 0 Å². The van der Waals surface area contributed by atoms with Crippen LogP contribution < -0.4 is 5.32 Å². The molecule has 0 aliphatic heterocycles. The summed E-state index contributed by atoms with van der Waals surface area (Å²) in [5.74, 6) is -0.236. The number of carbonyl (C=O) groups is 1. The van der Waals surface area contributed by atoms with Gasteiger partial charge in [-0.3, -0.25) is 0 Å². The Hall–Kier alpha value is -1.51. The van der Waals surface area contributed by atoms with E-state index in [4.69, 9.17) is 5.11 Å². The Morgan fingerprint density at radius 2 is 2.06 bits per heavy atom. The maximum Gasteiger partial charge on any atom is 0.335 e. The van der Waals surface area contributed by atoms with Gasteiger partial charge in [0.05, 0.1) is 5.56 Å². The fourth-order valence-electron chi connectivity index (χ4n) is 1.60. The lowest BCUT2D eigenvalue weighted by atomic mass is 10.0. The van der Waals surface area contributed by atoms with Crippen LogP contribution >= 0.6 is 0 Å². The third-order valence-corrected chi connectivity index (χ3v) is 2.86. The maximum atomic E-state index is 10.8. The topological polar surface area (TPSA) is 49.3 Å². The SMILES string of the molecule is CCC(CC)CNc1cccc(C(=O)O)c1. The highest BCUT2D eigenvalue weighted by molar-refractivity contribution is 5.88. The zero-order chi connectivity index (χ0) is 12.0. The van der Waals surface area contributed by atoms with E-state index >= 15 is 0 Å². The highest BCUT2D eigenvalue weighted by Crippen LogP contribution is 2.13. The van der Waals surface area contributed by atoms with Gasteiger partial charge in [0.15, 0.2) is 0 Å². The number of carboxylic acid groups (broad SMARTS) is 1. The van der Waals surface area contributed by atoms with Gasteiger partial charge in [-0.05, 0) is 24.1 Å². The van der Waals surface area contributed by atoms with E-state index in [1.54, 1.807) is 18.2 Å². The molecule has 0 amide bonds. The van der Waals surface area contributed by atoms with Gasteiger partial charge in [-0.15, -0.1) is 0 Å². The zero-order valence-electron chi connectivity index (χ0n) is 9.86. The summed E-state index contributed by atoms with van der Waals surface area (Å²) in [6, 6.07) is 6.93. The zero-order valence-corrected chi connectivity index (χ0v) is 9.86. The van der Waals surface area contributed by atoms with Crippen LogP contribution in [0.5, 0.6) is 0 Å². The third-order valence-electron chi connectivity index (χ3n) is 2.86. The van der Waals surface area contributed by atoms with E-state index < -0.39 is 5.97 Å². The first-order valence-electron chi connectivity index (χ1n) is 5.74. The average molecular weight is 221 g/mol. The van der Waals surface area contributed by atoms with Crippen molar-refractivity contribution in [2.45, 2.75) is 26.7 Å². The standard InChI is InChI=1S/C13H19NO2/c1-3-10(4-2)9-14-12-7-5-6-11(8-12)13(15)16/h5-8,10,14H,3-4,9H2,1-2H3,(H,15,16). The summed E-state index contributed by atoms with van der Waals surface area (Å²) in [7, 11) is 0. The molecule has 0 bridgehead atoms. The molecule has 0 aromatic heterocycles. The number of nitrogens with one attached hydrogen (secondary N) is 1. The van der Waals surface area contributed by atoms with Crippen molar-refractivity contribution in [3.8, 4) is 0 Å². The minimum Gasteiger partial charge on any atom is -0.478 e. The maximum absolute atomic E-state index is 10.8. The molecule has 16 heavy (non-hydrogen) atoms. The van der Waals surface area contributed by atoms with Crippen LogP contribution in [0.4, 0.5) is 5.69 Å². The molecule has 0 aliphatic rings. The quantitative estimate of drug-likeness (QED) is 0.775. The smallest absolute Gasteiger partial charge is 0.335 e. The van der Waals surface area contributed by atoms with Crippen molar-refractivity contribution in [1.82, 2.24) is 0 Å². The molecule has 1 aromatic carbocycles. The molecule has 0 heterocycles. The van der Waals surface area contributed by atoms with Gasteiger partial charge < -0.3 is 10.4 Å². The van der Waals surface area contributed by atoms with Crippen molar-refractivity contribution in [2.75, 3.05) is 11.9 Å². The number of rotatable bonds is 6. The van der Waals surface area contributed by atoms with Gasteiger partial charge >= 0.3 is 5.97 Å². The number of hydrogen-bond acceptors (Lipinski definition) is 2. The normalized spacial score (nSPS) is 10.4. The number of benzene rings is 1. The summed E-state index contributed by atoms with van der Waals surface area (Å²) in [6.07, 6.45) is 2.28. The molecule has 0 unspecified atom stereocenters. The van der Waals surface area contributed by atoms with E-state index in [0.29, 0.717) is 11.5 Å². The monoisotopic (exact) mass is 221 g/mol. The molecule has 1 aromatic rings. The largest absolute Gasteiger partial charge is 0.478 e. The molecule has 3 nitrogen and oxygen atoms in total. The molecule has 0 atom stereocenters. The molecule has 3 heteroatoms. The van der Waals surface area contributed by atoms with Crippen LogP contribution in [0.15, 0.2) is 24.3 Å². The third kappa shape index (κ3) is 3.57. The van der Waals surface area contributed by atoms with Crippen molar-refractivity contribution in [3.63, 3.8) is 0 Å². The summed E-state index contributed by atoms with van der Waals surface area (Å²) in [5.41, 5.74) is 1.21. The molecule has 0 saturated heterocycles. The van der Waals surface area contributed by atoms with Gasteiger partial charge in [-0.2, -0.15) is 0 Å². The summed E-state index contributed by atoms with van der Waals surface area (Å²) in [4.78, 5) is 10.8. The molecule has 0 aliphatic carbocycles. The summed E-state index contributed by atoms with van der Waals surface area (Å²) < 4.78 is 0. The van der Waals surface area contributed by atoms with E-state index in [-0.39, 0.29) is 0 Å². The van der Waals surface area contributed by atoms with Crippen LogP contribution in [-0.4, -0.2) is 17.6 Å². The molecular weight excluding hydrogens is 202 g/mol. The van der Waals surface area contributed by atoms with Crippen molar-refractivity contribution in [1.29, 1.82) is 0 Å². The minimum absolute atomic E-state index is 0.328. The van der Waals surface area contributed by atoms with Crippen molar-refractivity contribution >= 4 is 11.7 Å². The van der Waals surface area contributed by atoms with Gasteiger partial charge in [0.25, 0.3) is 0 Å². The lowest BCUT2D eigenvalue weighted by Crippen LogP contribution is -2.12. The fourth-order valence-corrected chi connectivity index (χ4v) is 1.60. The number of hydrogen-bond donors (Lipinski definition) is 2. The van der Waals surface area contributed by atoms with Crippen molar-refractivity contribution < 1.29 is 9.90 Å². The Labute approximate surface area is 96.5 Å². The van der Waals surface area contributed by atoms with E-state index in [2.05, 4.69) is 19.2 Å². The molecule has 1 rings (SSSR count). The second-order valence-corrected chi connectivity index (χ2v) is 3.95. The van der Waals surface area contributed by atoms with Gasteiger partial charge in [-0.1, -0.05) is 32.8 Å². The molecule has 0 spiro atoms. The molecular formula is C13H19NO2. The Kier molecular flexibility index (Phi) is 4.83. The Balaban J connectivity index is 2.60. The lowest BCUT2D eigenvalue weighted by Gasteiger charge is -2.14. The van der Waals surface area contributed by atoms with E-state index in [1.165, 1.54) is 0 Å². The number of aromatic carboxylic acids is 1. The minimum atomic E-state index is -0.883. The number of carboxylic acids is 1. The Morgan fingerprint density at radius 3 is 2.62 bits per heavy atom. The molecule has 0 fully saturated rings. The van der Waals surface area contributed by atoms with Crippen molar-refractivity contribution in [3.05, 3.63) is 29.8 Å². The second kappa shape index (κ2) is 6.16. The fraction of sp³-hybridized carbons (Fsp3) is 0.462. The summed E-state index contributed by atoms with van der Waals surface area (Å²) in [6.45, 7) is 5.24. The molecule has 0 saturated carbocycles. The number of anilines is 1. The Morgan fingerprint density at radius 1 is 1.38 bits per heavy atom. The predicted molar refractivity (Wildman–Crippen MR) is 66.0 cm³/mol. The van der Waals surface area contributed by atoms with Gasteiger partial charge in [0.2, 0.25) is 0 Å². The molecule has 88 valence electrons. The van der Waals surface area contributed by atoms with E-state index in [1.807, 2.05) is 6.07 Å². The highest BCUT2D eigenvalue weighted by atomic mass is 16.4. The van der Waals surface area contributed by atoms with E-state index in [0.717, 1.165) is 25.1 Å². The van der Waals surface area contributed by atoms with Crippen LogP contribution in [0.2, 0.25) is 0 Å². The Bertz CT molecular complexity index is 346. The average Bonchev–Trinajstić information content (AvgIpc) is 2.31. The summed E-state index contributed by atoms with van der Waals surface area (Å²) in [5, 5.41) is 12.1. The van der Waals surface area contributed by atoms with Crippen LogP contribution in [0, 0.1) is 5.92 Å². The first kappa shape index (κ1) is 12.6. The highest BCUT2D eigenvalue weighted by Gasteiger charge is 2.05. The lowest BCUT2D eigenvalue weighted by molar-refractivity contribution is 0.0697. The van der Waals surface area contributed by atoms with Gasteiger partial charge in [0, 0.05) is 12.2 Å². The van der Waals surface area contributed by atoms with Crippen LogP contribution in [0.1, 0.15) is 37.0 Å². The molecule has 0 radical (unpaired) electrons. The summed E-state index contributed by atoms with van der Waals surface area (Å²) >= 11 is 0. The van der Waals surface area contributed by atoms with Crippen molar-refractivity contribution in [2.24, 2.45) is 5.92 Å². The van der Waals surface area contributed by atoms with Crippen LogP contribution in [0.25, 0.3) is 0 Å². The molecule has 2 N–H and O–H groups in total. The van der Waals surface area contributed by atoms with E-state index in [9.17, 15) is 4.79 Å². The second-order valence-electron chi connectivity index (χ2n) is 3.95. The first-order chi connectivity index (χ1) is 7.67. The predicted octanol–water partition coefficient (Wildman–Crippen LogP) is 3.23. The van der Waals surface area contributed by atoms with Gasteiger partial charge in [0.1, 0.15) is 0 Å². The van der Waals surface area contributed by atoms with Gasteiger partial charge in [-0.25, -0.2) is 4.79 Å². The first-order valence-corrected chi connectivity index (χ1v) is 5.74.